The van der Waals surface area contributed by atoms with Crippen LogP contribution in [0.3, 0.4) is 0 Å². The number of hydrogen-bond donors (Lipinski definition) is 0. The third-order valence-corrected chi connectivity index (χ3v) is 4.01. The molecule has 0 heterocycles. The first-order chi connectivity index (χ1) is 7.86. The zero-order valence-electron chi connectivity index (χ0n) is 10.0. The van der Waals surface area contributed by atoms with E-state index in [1.165, 1.54) is 0 Å². The lowest BCUT2D eigenvalue weighted by atomic mass is 10.0. The highest BCUT2D eigenvalue weighted by Gasteiger charge is 2.21. The third-order valence-electron chi connectivity index (χ3n) is 2.83. The van der Waals surface area contributed by atoms with Gasteiger partial charge in [0, 0.05) is 8.65 Å². The SMILES string of the molecule is CC1(Br)C=CC(OC2=CCC(C)(Br)C=C2)=CC1. The summed E-state index contributed by atoms with van der Waals surface area (Å²) in [6.07, 6.45) is 14.4. The third kappa shape index (κ3) is 3.85. The van der Waals surface area contributed by atoms with Gasteiger partial charge in [-0.15, -0.1) is 0 Å². The van der Waals surface area contributed by atoms with Crippen molar-refractivity contribution >= 4 is 31.9 Å². The maximum Gasteiger partial charge on any atom is 0.123 e. The highest BCUT2D eigenvalue weighted by atomic mass is 79.9. The molecule has 0 amide bonds. The van der Waals surface area contributed by atoms with E-state index in [1.807, 2.05) is 12.2 Å². The van der Waals surface area contributed by atoms with E-state index in [1.54, 1.807) is 0 Å². The molecule has 0 aromatic carbocycles. The van der Waals surface area contributed by atoms with Crippen molar-refractivity contribution < 1.29 is 4.74 Å². The zero-order valence-corrected chi connectivity index (χ0v) is 13.2. The molecule has 17 heavy (non-hydrogen) atoms. The summed E-state index contributed by atoms with van der Waals surface area (Å²) in [5.74, 6) is 1.85. The molecule has 2 rings (SSSR count). The number of allylic oxidation sites excluding steroid dienone is 6. The van der Waals surface area contributed by atoms with Gasteiger partial charge in [-0.2, -0.15) is 0 Å². The van der Waals surface area contributed by atoms with Gasteiger partial charge in [-0.3, -0.25) is 0 Å². The minimum absolute atomic E-state index is 0.0745. The second-order valence-electron chi connectivity index (χ2n) is 4.95. The van der Waals surface area contributed by atoms with E-state index in [0.29, 0.717) is 0 Å². The van der Waals surface area contributed by atoms with Gasteiger partial charge in [-0.25, -0.2) is 0 Å². The second-order valence-corrected chi connectivity index (χ2v) is 8.57. The minimum Gasteiger partial charge on any atom is -0.458 e. The van der Waals surface area contributed by atoms with Crippen LogP contribution in [0.4, 0.5) is 0 Å². The molecule has 0 saturated heterocycles. The number of halogens is 2. The highest BCUT2D eigenvalue weighted by Crippen LogP contribution is 2.32. The Bertz CT molecular complexity index is 386. The Hall–Kier alpha value is -0.280. The van der Waals surface area contributed by atoms with Gasteiger partial charge >= 0.3 is 0 Å². The molecule has 2 aliphatic carbocycles. The van der Waals surface area contributed by atoms with Crippen molar-refractivity contribution in [2.24, 2.45) is 0 Å². The topological polar surface area (TPSA) is 9.23 Å². The van der Waals surface area contributed by atoms with E-state index in [2.05, 4.69) is 70.0 Å². The van der Waals surface area contributed by atoms with E-state index in [0.717, 1.165) is 24.4 Å². The zero-order chi connectivity index (χ0) is 12.5. The van der Waals surface area contributed by atoms with Crippen LogP contribution in [-0.2, 0) is 4.74 Å². The first kappa shape index (κ1) is 13.2. The number of ether oxygens (including phenoxy) is 1. The average Bonchev–Trinajstić information content (AvgIpc) is 2.24. The maximum absolute atomic E-state index is 5.83. The lowest BCUT2D eigenvalue weighted by Gasteiger charge is -2.23. The Labute approximate surface area is 120 Å². The summed E-state index contributed by atoms with van der Waals surface area (Å²) in [6, 6.07) is 0. The fourth-order valence-corrected chi connectivity index (χ4v) is 2.26. The predicted molar refractivity (Wildman–Crippen MR) is 79.4 cm³/mol. The van der Waals surface area contributed by atoms with Gasteiger partial charge < -0.3 is 4.74 Å². The molecule has 0 spiro atoms. The molecule has 2 atom stereocenters. The molecule has 0 bridgehead atoms. The second kappa shape index (κ2) is 4.77. The lowest BCUT2D eigenvalue weighted by molar-refractivity contribution is 0.327. The molecule has 92 valence electrons. The van der Waals surface area contributed by atoms with Crippen LogP contribution >= 0.6 is 31.9 Å². The fourth-order valence-electron chi connectivity index (χ4n) is 1.67. The summed E-state index contributed by atoms with van der Waals surface area (Å²) in [7, 11) is 0. The van der Waals surface area contributed by atoms with Crippen LogP contribution < -0.4 is 0 Å². The van der Waals surface area contributed by atoms with Crippen LogP contribution in [-0.4, -0.2) is 8.65 Å². The molecular formula is C14H16Br2O. The quantitative estimate of drug-likeness (QED) is 0.630. The predicted octanol–water partition coefficient (Wildman–Crippen LogP) is 5.00. The van der Waals surface area contributed by atoms with Gasteiger partial charge in [0.25, 0.3) is 0 Å². The molecule has 0 N–H and O–H groups in total. The van der Waals surface area contributed by atoms with Crippen molar-refractivity contribution in [2.45, 2.75) is 35.3 Å². The van der Waals surface area contributed by atoms with Gasteiger partial charge in [0.05, 0.1) is 0 Å². The summed E-state index contributed by atoms with van der Waals surface area (Å²) in [5, 5.41) is 0. The summed E-state index contributed by atoms with van der Waals surface area (Å²) in [4.78, 5) is 0. The van der Waals surface area contributed by atoms with Crippen LogP contribution in [0.1, 0.15) is 26.7 Å². The van der Waals surface area contributed by atoms with Gasteiger partial charge in [-0.05, 0) is 51.0 Å². The van der Waals surface area contributed by atoms with E-state index in [-0.39, 0.29) is 8.65 Å². The molecule has 1 nitrogen and oxygen atoms in total. The normalized spacial score (nSPS) is 36.5. The molecule has 0 saturated carbocycles. The molecule has 2 aliphatic rings. The number of hydrogen-bond acceptors (Lipinski definition) is 1. The minimum atomic E-state index is 0.0745. The largest absolute Gasteiger partial charge is 0.458 e. The molecule has 2 unspecified atom stereocenters. The Morgan fingerprint density at radius 1 is 0.941 bits per heavy atom. The van der Waals surface area contributed by atoms with E-state index >= 15 is 0 Å². The van der Waals surface area contributed by atoms with Crippen LogP contribution in [0.5, 0.6) is 0 Å². The summed E-state index contributed by atoms with van der Waals surface area (Å²) >= 11 is 7.28. The van der Waals surface area contributed by atoms with Crippen molar-refractivity contribution in [1.29, 1.82) is 0 Å². The average molecular weight is 360 g/mol. The smallest absolute Gasteiger partial charge is 0.123 e. The molecular weight excluding hydrogens is 344 g/mol. The first-order valence-electron chi connectivity index (χ1n) is 5.71. The Morgan fingerprint density at radius 2 is 1.35 bits per heavy atom. The van der Waals surface area contributed by atoms with Crippen LogP contribution in [0.2, 0.25) is 0 Å². The van der Waals surface area contributed by atoms with E-state index < -0.39 is 0 Å². The van der Waals surface area contributed by atoms with Crippen molar-refractivity contribution in [3.63, 3.8) is 0 Å². The van der Waals surface area contributed by atoms with Gasteiger partial charge in [0.15, 0.2) is 0 Å². The lowest BCUT2D eigenvalue weighted by Crippen LogP contribution is -2.15. The monoisotopic (exact) mass is 358 g/mol. The molecule has 0 fully saturated rings. The van der Waals surface area contributed by atoms with Gasteiger partial charge in [-0.1, -0.05) is 44.0 Å². The molecule has 0 radical (unpaired) electrons. The number of rotatable bonds is 2. The molecule has 3 heteroatoms. The Morgan fingerprint density at radius 3 is 1.65 bits per heavy atom. The van der Waals surface area contributed by atoms with Crippen molar-refractivity contribution in [2.75, 3.05) is 0 Å². The van der Waals surface area contributed by atoms with E-state index in [4.69, 9.17) is 4.74 Å². The summed E-state index contributed by atoms with van der Waals surface area (Å²) < 4.78 is 5.97. The summed E-state index contributed by atoms with van der Waals surface area (Å²) in [6.45, 7) is 4.29. The van der Waals surface area contributed by atoms with Crippen molar-refractivity contribution in [1.82, 2.24) is 0 Å². The molecule has 0 aromatic heterocycles. The number of alkyl halides is 2. The van der Waals surface area contributed by atoms with Crippen molar-refractivity contribution in [3.05, 3.63) is 48.0 Å². The van der Waals surface area contributed by atoms with Gasteiger partial charge in [0.2, 0.25) is 0 Å². The molecule has 0 aliphatic heterocycles. The standard InChI is InChI=1S/C14H16Br2O/c1-13(15)7-3-11(4-8-13)17-12-5-9-14(2,16)10-6-12/h3-7,9H,8,10H2,1-2H3. The van der Waals surface area contributed by atoms with Gasteiger partial charge in [0.1, 0.15) is 11.5 Å². The highest BCUT2D eigenvalue weighted by molar-refractivity contribution is 9.10. The van der Waals surface area contributed by atoms with Crippen LogP contribution in [0.25, 0.3) is 0 Å². The maximum atomic E-state index is 5.83. The Balaban J connectivity index is 1.97. The van der Waals surface area contributed by atoms with E-state index in [9.17, 15) is 0 Å². The van der Waals surface area contributed by atoms with Crippen molar-refractivity contribution in [3.8, 4) is 0 Å². The van der Waals surface area contributed by atoms with Crippen LogP contribution in [0.15, 0.2) is 48.0 Å². The first-order valence-corrected chi connectivity index (χ1v) is 7.29. The summed E-state index contributed by atoms with van der Waals surface area (Å²) in [5.41, 5.74) is 0. The fraction of sp³-hybridized carbons (Fsp3) is 0.429. The van der Waals surface area contributed by atoms with Crippen LogP contribution in [0, 0.1) is 0 Å². The molecule has 0 aromatic rings. The Kier molecular flexibility index (Phi) is 3.69.